The molecule has 1 aromatic heterocycles. The fraction of sp³-hybridized carbons (Fsp3) is 0.0833. The summed E-state index contributed by atoms with van der Waals surface area (Å²) in [5.41, 5.74) is 6.30. The summed E-state index contributed by atoms with van der Waals surface area (Å²) >= 11 is 3.32. The second-order valence-corrected chi connectivity index (χ2v) is 4.35. The minimum absolute atomic E-state index is 0.0608. The van der Waals surface area contributed by atoms with Gasteiger partial charge in [0.1, 0.15) is 0 Å². The smallest absolute Gasteiger partial charge is 0.358 e. The zero-order valence-electron chi connectivity index (χ0n) is 9.96. The molecule has 0 fully saturated rings. The highest BCUT2D eigenvalue weighted by Gasteiger charge is 2.12. The van der Waals surface area contributed by atoms with Gasteiger partial charge in [0.05, 0.1) is 29.7 Å². The molecule has 19 heavy (non-hydrogen) atoms. The van der Waals surface area contributed by atoms with Gasteiger partial charge in [0.2, 0.25) is 5.88 Å². The van der Waals surface area contributed by atoms with Gasteiger partial charge in [-0.2, -0.15) is 0 Å². The van der Waals surface area contributed by atoms with Gasteiger partial charge >= 0.3 is 5.97 Å². The van der Waals surface area contributed by atoms with Crippen LogP contribution in [0, 0.1) is 0 Å². The second-order valence-electron chi connectivity index (χ2n) is 3.49. The Bertz CT molecular complexity index is 599. The first-order valence-electron chi connectivity index (χ1n) is 5.24. The molecule has 0 unspecified atom stereocenters. The number of rotatable bonds is 3. The molecule has 0 spiro atoms. The number of halogens is 1. The van der Waals surface area contributed by atoms with Crippen molar-refractivity contribution in [2.75, 3.05) is 12.8 Å². The highest BCUT2D eigenvalue weighted by molar-refractivity contribution is 9.10. The molecule has 0 aliphatic heterocycles. The number of nitrogens with two attached hydrogens (primary N) is 1. The number of nitrogen functional groups attached to an aromatic ring is 1. The van der Waals surface area contributed by atoms with Crippen molar-refractivity contribution >= 4 is 27.6 Å². The number of methoxy groups -OCH3 is 1. The largest absolute Gasteiger partial charge is 0.464 e. The summed E-state index contributed by atoms with van der Waals surface area (Å²) in [4.78, 5) is 19.2. The number of carbonyl (C=O) groups excluding carboxylic acids is 1. The summed E-state index contributed by atoms with van der Waals surface area (Å²) < 4.78 is 10.8. The van der Waals surface area contributed by atoms with Crippen molar-refractivity contribution < 1.29 is 14.3 Å². The lowest BCUT2D eigenvalue weighted by Crippen LogP contribution is -2.06. The van der Waals surface area contributed by atoms with Crippen LogP contribution in [0.25, 0.3) is 0 Å². The van der Waals surface area contributed by atoms with E-state index in [1.165, 1.54) is 19.5 Å². The maximum absolute atomic E-state index is 11.3. The normalized spacial score (nSPS) is 10.0. The number of para-hydroxylation sites is 1. The fourth-order valence-corrected chi connectivity index (χ4v) is 1.80. The molecule has 0 aliphatic rings. The van der Waals surface area contributed by atoms with Gasteiger partial charge in [-0.25, -0.2) is 9.78 Å². The van der Waals surface area contributed by atoms with Crippen LogP contribution < -0.4 is 10.5 Å². The van der Waals surface area contributed by atoms with E-state index in [9.17, 15) is 4.79 Å². The van der Waals surface area contributed by atoms with Crippen LogP contribution in [0.2, 0.25) is 0 Å². The lowest BCUT2D eigenvalue weighted by molar-refractivity contribution is 0.0592. The van der Waals surface area contributed by atoms with Gasteiger partial charge < -0.3 is 15.2 Å². The molecule has 0 amide bonds. The molecule has 7 heteroatoms. The minimum Gasteiger partial charge on any atom is -0.464 e. The van der Waals surface area contributed by atoms with Crippen LogP contribution in [0.3, 0.4) is 0 Å². The van der Waals surface area contributed by atoms with Crippen LogP contribution in [0.5, 0.6) is 11.6 Å². The topological polar surface area (TPSA) is 87.3 Å². The van der Waals surface area contributed by atoms with Crippen LogP contribution in [-0.2, 0) is 4.74 Å². The molecule has 2 rings (SSSR count). The number of anilines is 1. The lowest BCUT2D eigenvalue weighted by Gasteiger charge is -2.09. The average Bonchev–Trinajstić information content (AvgIpc) is 2.42. The monoisotopic (exact) mass is 323 g/mol. The van der Waals surface area contributed by atoms with E-state index >= 15 is 0 Å². The zero-order chi connectivity index (χ0) is 13.8. The number of aromatic nitrogens is 2. The number of carbonyl (C=O) groups is 1. The van der Waals surface area contributed by atoms with Crippen molar-refractivity contribution in [2.24, 2.45) is 0 Å². The molecular weight excluding hydrogens is 314 g/mol. The lowest BCUT2D eigenvalue weighted by atomic mass is 10.3. The van der Waals surface area contributed by atoms with Gasteiger partial charge in [0.15, 0.2) is 11.4 Å². The van der Waals surface area contributed by atoms with Gasteiger partial charge in [0, 0.05) is 0 Å². The number of esters is 1. The van der Waals surface area contributed by atoms with E-state index in [1.54, 1.807) is 18.2 Å². The maximum atomic E-state index is 11.3. The summed E-state index contributed by atoms with van der Waals surface area (Å²) in [6.07, 6.45) is 2.67. The van der Waals surface area contributed by atoms with Gasteiger partial charge in [0.25, 0.3) is 0 Å². The van der Waals surface area contributed by atoms with Crippen molar-refractivity contribution in [3.05, 3.63) is 40.8 Å². The number of hydrogen-bond acceptors (Lipinski definition) is 6. The molecular formula is C12H10BrN3O3. The molecule has 1 aromatic carbocycles. The summed E-state index contributed by atoms with van der Waals surface area (Å²) in [6, 6.07) is 5.25. The molecule has 0 saturated heterocycles. The summed E-state index contributed by atoms with van der Waals surface area (Å²) in [5, 5.41) is 0. The van der Waals surface area contributed by atoms with Crippen molar-refractivity contribution in [1.29, 1.82) is 0 Å². The molecule has 0 saturated carbocycles. The first kappa shape index (κ1) is 13.3. The summed E-state index contributed by atoms with van der Waals surface area (Å²) in [6.45, 7) is 0. The predicted molar refractivity (Wildman–Crippen MR) is 72.0 cm³/mol. The van der Waals surface area contributed by atoms with Gasteiger partial charge in [-0.3, -0.25) is 4.98 Å². The van der Waals surface area contributed by atoms with Crippen molar-refractivity contribution in [2.45, 2.75) is 0 Å². The van der Waals surface area contributed by atoms with E-state index < -0.39 is 5.97 Å². The third-order valence-corrected chi connectivity index (χ3v) is 2.84. The fourth-order valence-electron chi connectivity index (χ4n) is 1.34. The van der Waals surface area contributed by atoms with Crippen LogP contribution in [0.1, 0.15) is 10.5 Å². The standard InChI is InChI=1S/C12H10BrN3O3/c1-18-12(17)9-5-15-6-10(16-9)19-11-7(13)3-2-4-8(11)14/h2-6H,14H2,1H3. The van der Waals surface area contributed by atoms with Crippen LogP contribution >= 0.6 is 15.9 Å². The van der Waals surface area contributed by atoms with E-state index in [4.69, 9.17) is 10.5 Å². The predicted octanol–water partition coefficient (Wildman–Crippen LogP) is 2.40. The average molecular weight is 324 g/mol. The van der Waals surface area contributed by atoms with Crippen molar-refractivity contribution in [3.63, 3.8) is 0 Å². The number of benzene rings is 1. The van der Waals surface area contributed by atoms with E-state index in [2.05, 4.69) is 30.6 Å². The van der Waals surface area contributed by atoms with Gasteiger partial charge in [-0.1, -0.05) is 6.07 Å². The van der Waals surface area contributed by atoms with Crippen molar-refractivity contribution in [3.8, 4) is 11.6 Å². The highest BCUT2D eigenvalue weighted by Crippen LogP contribution is 2.33. The molecule has 2 aromatic rings. The number of hydrogen-bond donors (Lipinski definition) is 1. The third kappa shape index (κ3) is 3.00. The van der Waals surface area contributed by atoms with Gasteiger partial charge in [-0.05, 0) is 28.1 Å². The Kier molecular flexibility index (Phi) is 3.96. The van der Waals surface area contributed by atoms with Gasteiger partial charge in [-0.15, -0.1) is 0 Å². The quantitative estimate of drug-likeness (QED) is 0.689. The Morgan fingerprint density at radius 3 is 2.84 bits per heavy atom. The van der Waals surface area contributed by atoms with Crippen LogP contribution in [0.4, 0.5) is 5.69 Å². The van der Waals surface area contributed by atoms with E-state index in [-0.39, 0.29) is 11.6 Å². The molecule has 0 aliphatic carbocycles. The molecule has 0 bridgehead atoms. The Labute approximate surface area is 117 Å². The Morgan fingerprint density at radius 2 is 2.16 bits per heavy atom. The molecule has 0 atom stereocenters. The minimum atomic E-state index is -0.585. The Balaban J connectivity index is 2.31. The third-order valence-electron chi connectivity index (χ3n) is 2.21. The SMILES string of the molecule is COC(=O)c1cncc(Oc2c(N)cccc2Br)n1. The Morgan fingerprint density at radius 1 is 1.37 bits per heavy atom. The Hall–Kier alpha value is -2.15. The first-order chi connectivity index (χ1) is 9.11. The van der Waals surface area contributed by atoms with Crippen molar-refractivity contribution in [1.82, 2.24) is 9.97 Å². The van der Waals surface area contributed by atoms with E-state index in [0.717, 1.165) is 0 Å². The summed E-state index contributed by atoms with van der Waals surface area (Å²) in [7, 11) is 1.27. The first-order valence-corrected chi connectivity index (χ1v) is 6.03. The highest BCUT2D eigenvalue weighted by atomic mass is 79.9. The van der Waals surface area contributed by atoms with E-state index in [1.807, 2.05) is 0 Å². The molecule has 0 radical (unpaired) electrons. The van der Waals surface area contributed by atoms with Crippen LogP contribution in [-0.4, -0.2) is 23.0 Å². The number of nitrogens with zero attached hydrogens (tertiary/aromatic N) is 2. The maximum Gasteiger partial charge on any atom is 0.358 e. The molecule has 98 valence electrons. The second kappa shape index (κ2) is 5.66. The number of ether oxygens (including phenoxy) is 2. The zero-order valence-corrected chi connectivity index (χ0v) is 11.5. The molecule has 1 heterocycles. The van der Waals surface area contributed by atoms with E-state index in [0.29, 0.717) is 15.9 Å². The summed E-state index contributed by atoms with van der Waals surface area (Å²) in [5.74, 6) is -0.0154. The molecule has 2 N–H and O–H groups in total. The molecule has 6 nitrogen and oxygen atoms in total. The van der Waals surface area contributed by atoms with Crippen LogP contribution in [0.15, 0.2) is 35.1 Å².